The fourth-order valence-electron chi connectivity index (χ4n) is 7.38. The molecule has 5 nitrogen and oxygen atoms in total. The minimum atomic E-state index is 0.570. The lowest BCUT2D eigenvalue weighted by atomic mass is 9.96. The average molecular weight is 636 g/mol. The molecule has 0 radical (unpaired) electrons. The Morgan fingerprint density at radius 1 is 0.360 bits per heavy atom. The van der Waals surface area contributed by atoms with Crippen LogP contribution in [0.1, 0.15) is 16.7 Å². The van der Waals surface area contributed by atoms with Crippen LogP contribution < -0.4 is 0 Å². The van der Waals surface area contributed by atoms with E-state index >= 15 is 0 Å². The van der Waals surface area contributed by atoms with Gasteiger partial charge in [-0.3, -0.25) is 0 Å². The second kappa shape index (κ2) is 11.4. The zero-order valence-corrected chi connectivity index (χ0v) is 26.7. The Bertz CT molecular complexity index is 2850. The van der Waals surface area contributed by atoms with Crippen LogP contribution in [0.4, 0.5) is 0 Å². The molecule has 9 aromatic rings. The van der Waals surface area contributed by atoms with E-state index in [1.807, 2.05) is 66.7 Å². The first-order chi connectivity index (χ1) is 24.7. The zero-order valence-electron chi connectivity index (χ0n) is 26.7. The van der Waals surface area contributed by atoms with Gasteiger partial charge in [-0.15, -0.1) is 0 Å². The molecule has 230 valence electrons. The van der Waals surface area contributed by atoms with E-state index < -0.39 is 0 Å². The smallest absolute Gasteiger partial charge is 0.101 e. The summed E-state index contributed by atoms with van der Waals surface area (Å²) < 4.78 is 4.40. The molecular weight excluding hydrogens is 611 g/mol. The highest BCUT2D eigenvalue weighted by atomic mass is 15.0. The number of benzene rings is 7. The van der Waals surface area contributed by atoms with Crippen molar-refractivity contribution in [2.45, 2.75) is 0 Å². The highest BCUT2D eigenvalue weighted by Crippen LogP contribution is 2.39. The minimum absolute atomic E-state index is 0.570. The van der Waals surface area contributed by atoms with E-state index in [0.717, 1.165) is 77.2 Å². The molecule has 9 rings (SSSR count). The number of para-hydroxylation sites is 3. The van der Waals surface area contributed by atoms with E-state index in [1.54, 1.807) is 0 Å². The summed E-state index contributed by atoms with van der Waals surface area (Å²) in [6.07, 6.45) is 0. The number of nitrogens with zero attached hydrogens (tertiary/aromatic N) is 5. The molecule has 5 heteroatoms. The monoisotopic (exact) mass is 635 g/mol. The van der Waals surface area contributed by atoms with Gasteiger partial charge in [-0.1, -0.05) is 78.9 Å². The fourth-order valence-corrected chi connectivity index (χ4v) is 7.38. The van der Waals surface area contributed by atoms with Crippen LogP contribution in [0.25, 0.3) is 77.2 Å². The van der Waals surface area contributed by atoms with E-state index in [1.165, 1.54) is 0 Å². The SMILES string of the molecule is N#Cc1ccc2c(c1)c1cc(C#N)ccc1n2-c1ccccc1-c1cccc(-c2ccc(-n3c4ccccc4c4ccccc43)c(C#N)c2)c1. The Kier molecular flexibility index (Phi) is 6.56. The van der Waals surface area contributed by atoms with Crippen molar-refractivity contribution in [1.29, 1.82) is 15.8 Å². The molecule has 0 aliphatic rings. The molecule has 0 saturated carbocycles. The fraction of sp³-hybridized carbons (Fsp3) is 0. The summed E-state index contributed by atoms with van der Waals surface area (Å²) in [5.74, 6) is 0. The van der Waals surface area contributed by atoms with Gasteiger partial charge in [0, 0.05) is 27.1 Å². The number of nitriles is 3. The van der Waals surface area contributed by atoms with Crippen LogP contribution in [0.15, 0.2) is 152 Å². The maximum Gasteiger partial charge on any atom is 0.101 e. The lowest BCUT2D eigenvalue weighted by molar-refractivity contribution is 1.17. The molecule has 0 aliphatic heterocycles. The lowest BCUT2D eigenvalue weighted by Gasteiger charge is -2.15. The van der Waals surface area contributed by atoms with E-state index in [0.29, 0.717) is 16.7 Å². The molecule has 0 fully saturated rings. The van der Waals surface area contributed by atoms with Gasteiger partial charge in [-0.2, -0.15) is 15.8 Å². The molecule has 0 saturated heterocycles. The van der Waals surface area contributed by atoms with Gasteiger partial charge in [-0.05, 0) is 89.5 Å². The first-order valence-corrected chi connectivity index (χ1v) is 16.3. The maximum absolute atomic E-state index is 10.4. The van der Waals surface area contributed by atoms with Gasteiger partial charge in [0.1, 0.15) is 6.07 Å². The minimum Gasteiger partial charge on any atom is -0.309 e. The Morgan fingerprint density at radius 2 is 0.900 bits per heavy atom. The van der Waals surface area contributed by atoms with E-state index in [9.17, 15) is 15.8 Å². The number of rotatable bonds is 4. The van der Waals surface area contributed by atoms with E-state index in [4.69, 9.17) is 0 Å². The zero-order chi connectivity index (χ0) is 33.8. The van der Waals surface area contributed by atoms with Crippen LogP contribution in [0.2, 0.25) is 0 Å². The van der Waals surface area contributed by atoms with Crippen LogP contribution >= 0.6 is 0 Å². The molecule has 0 atom stereocenters. The summed E-state index contributed by atoms with van der Waals surface area (Å²) >= 11 is 0. The predicted molar refractivity (Wildman–Crippen MR) is 200 cm³/mol. The van der Waals surface area contributed by atoms with Crippen LogP contribution in [0.5, 0.6) is 0 Å². The maximum atomic E-state index is 10.4. The number of hydrogen-bond donors (Lipinski definition) is 0. The second-order valence-electron chi connectivity index (χ2n) is 12.3. The highest BCUT2D eigenvalue weighted by molar-refractivity contribution is 6.11. The van der Waals surface area contributed by atoms with Crippen molar-refractivity contribution in [3.63, 3.8) is 0 Å². The van der Waals surface area contributed by atoms with E-state index in [2.05, 4.69) is 112 Å². The molecule has 0 amide bonds. The molecule has 2 aromatic heterocycles. The third-order valence-electron chi connectivity index (χ3n) is 9.61. The third kappa shape index (κ3) is 4.38. The van der Waals surface area contributed by atoms with E-state index in [-0.39, 0.29) is 0 Å². The van der Waals surface area contributed by atoms with Gasteiger partial charge < -0.3 is 9.13 Å². The summed E-state index contributed by atoms with van der Waals surface area (Å²) in [5.41, 5.74) is 11.6. The first kappa shape index (κ1) is 28.8. The Balaban J connectivity index is 1.19. The standard InChI is InChI=1S/C45H25N5/c46-26-29-16-19-44-38(22-29)39-23-30(27-47)17-20-45(39)50(44)41-13-4-1-10-35(41)33-9-7-8-31(24-33)32-18-21-40(34(25-32)28-48)49-42-14-5-2-11-36(42)37-12-3-6-15-43(37)49/h1-25H. The number of aromatic nitrogens is 2. The molecule has 0 unspecified atom stereocenters. The Morgan fingerprint density at radius 3 is 1.54 bits per heavy atom. The number of hydrogen-bond acceptors (Lipinski definition) is 3. The predicted octanol–water partition coefficient (Wildman–Crippen LogP) is 10.8. The van der Waals surface area contributed by atoms with Gasteiger partial charge in [0.25, 0.3) is 0 Å². The topological polar surface area (TPSA) is 81.2 Å². The lowest BCUT2D eigenvalue weighted by Crippen LogP contribution is -1.98. The molecule has 50 heavy (non-hydrogen) atoms. The van der Waals surface area contributed by atoms with Crippen molar-refractivity contribution in [3.8, 4) is 51.8 Å². The molecule has 0 bridgehead atoms. The number of fused-ring (bicyclic) bond motifs is 6. The molecule has 2 heterocycles. The molecule has 0 N–H and O–H groups in total. The average Bonchev–Trinajstić information content (AvgIpc) is 3.69. The normalized spacial score (nSPS) is 11.1. The molecule has 7 aromatic carbocycles. The van der Waals surface area contributed by atoms with Crippen molar-refractivity contribution < 1.29 is 0 Å². The van der Waals surface area contributed by atoms with Gasteiger partial charge in [-0.25, -0.2) is 0 Å². The van der Waals surface area contributed by atoms with Gasteiger partial charge in [0.2, 0.25) is 0 Å². The van der Waals surface area contributed by atoms with Gasteiger partial charge in [0.05, 0.1) is 62.3 Å². The Labute approximate surface area is 287 Å². The Hall–Kier alpha value is -7.39. The van der Waals surface area contributed by atoms with Crippen molar-refractivity contribution in [1.82, 2.24) is 9.13 Å². The summed E-state index contributed by atoms with van der Waals surface area (Å²) in [6, 6.07) is 57.9. The van der Waals surface area contributed by atoms with Crippen LogP contribution in [-0.2, 0) is 0 Å². The summed E-state index contributed by atoms with van der Waals surface area (Å²) in [4.78, 5) is 0. The van der Waals surface area contributed by atoms with Crippen molar-refractivity contribution >= 4 is 43.6 Å². The quantitative estimate of drug-likeness (QED) is 0.193. The second-order valence-corrected chi connectivity index (χ2v) is 12.3. The summed E-state index contributed by atoms with van der Waals surface area (Å²) in [6.45, 7) is 0. The largest absolute Gasteiger partial charge is 0.309 e. The van der Waals surface area contributed by atoms with Crippen LogP contribution in [0.3, 0.4) is 0 Å². The summed E-state index contributed by atoms with van der Waals surface area (Å²) in [5, 5.41) is 33.9. The van der Waals surface area contributed by atoms with Crippen molar-refractivity contribution in [2.75, 3.05) is 0 Å². The first-order valence-electron chi connectivity index (χ1n) is 16.3. The van der Waals surface area contributed by atoms with Gasteiger partial charge in [0.15, 0.2) is 0 Å². The van der Waals surface area contributed by atoms with Gasteiger partial charge >= 0.3 is 0 Å². The third-order valence-corrected chi connectivity index (χ3v) is 9.61. The highest BCUT2D eigenvalue weighted by Gasteiger charge is 2.18. The molecular formula is C45H25N5. The summed E-state index contributed by atoms with van der Waals surface area (Å²) in [7, 11) is 0. The van der Waals surface area contributed by atoms with Crippen LogP contribution in [0, 0.1) is 34.0 Å². The molecule has 0 spiro atoms. The van der Waals surface area contributed by atoms with Crippen molar-refractivity contribution in [2.24, 2.45) is 0 Å². The molecule has 0 aliphatic carbocycles. The van der Waals surface area contributed by atoms with Crippen LogP contribution in [-0.4, -0.2) is 9.13 Å². The van der Waals surface area contributed by atoms with Crippen molar-refractivity contribution in [3.05, 3.63) is 168 Å².